The van der Waals surface area contributed by atoms with Crippen LogP contribution < -0.4 is 5.32 Å². The van der Waals surface area contributed by atoms with Crippen molar-refractivity contribution in [2.75, 3.05) is 38.6 Å². The Balaban J connectivity index is 2.35. The molecule has 0 aliphatic carbocycles. The van der Waals surface area contributed by atoms with Gasteiger partial charge in [0.05, 0.1) is 24.6 Å². The number of carbonyl (C=O) groups excluding carboxylic acids is 1. The van der Waals surface area contributed by atoms with E-state index in [9.17, 15) is 18.3 Å². The molecule has 2 N–H and O–H groups in total. The second kappa shape index (κ2) is 8.07. The van der Waals surface area contributed by atoms with Crippen LogP contribution in [-0.4, -0.2) is 67.9 Å². The number of hydrogen-bond acceptors (Lipinski definition) is 5. The smallest absolute Gasteiger partial charge is 0.221 e. The Hall–Kier alpha value is -0.700. The van der Waals surface area contributed by atoms with Crippen molar-refractivity contribution >= 4 is 15.9 Å². The lowest BCUT2D eigenvalue weighted by atomic mass is 10.0. The second-order valence-corrected chi connectivity index (χ2v) is 7.69. The molecule has 0 aromatic rings. The van der Waals surface area contributed by atoms with Crippen LogP contribution in [0.2, 0.25) is 0 Å². The van der Waals surface area contributed by atoms with E-state index >= 15 is 0 Å². The quantitative estimate of drug-likeness (QED) is 0.640. The minimum absolute atomic E-state index is 0.0953. The average molecular weight is 322 g/mol. The number of nitrogens with one attached hydrogen (secondary N) is 1. The van der Waals surface area contributed by atoms with Gasteiger partial charge in [-0.3, -0.25) is 4.79 Å². The van der Waals surface area contributed by atoms with Crippen molar-refractivity contribution in [2.45, 2.75) is 38.7 Å². The zero-order valence-corrected chi connectivity index (χ0v) is 13.6. The third kappa shape index (κ3) is 6.73. The zero-order valence-electron chi connectivity index (χ0n) is 12.8. The Morgan fingerprint density at radius 1 is 1.38 bits per heavy atom. The largest absolute Gasteiger partial charge is 0.388 e. The summed E-state index contributed by atoms with van der Waals surface area (Å²) in [6.45, 7) is 5.21. The molecule has 8 heteroatoms. The molecule has 0 radical (unpaired) electrons. The van der Waals surface area contributed by atoms with Crippen LogP contribution >= 0.6 is 0 Å². The molecule has 1 amide bonds. The lowest BCUT2D eigenvalue weighted by Crippen LogP contribution is -2.43. The molecule has 1 rings (SSSR count). The zero-order chi connectivity index (χ0) is 15.9. The first-order valence-corrected chi connectivity index (χ1v) is 8.92. The van der Waals surface area contributed by atoms with Gasteiger partial charge in [0, 0.05) is 26.1 Å². The monoisotopic (exact) mass is 322 g/mol. The van der Waals surface area contributed by atoms with Crippen molar-refractivity contribution in [2.24, 2.45) is 0 Å². The maximum Gasteiger partial charge on any atom is 0.221 e. The number of rotatable bonds is 8. The van der Waals surface area contributed by atoms with Gasteiger partial charge < -0.3 is 15.2 Å². The molecule has 21 heavy (non-hydrogen) atoms. The second-order valence-electron chi connectivity index (χ2n) is 5.60. The van der Waals surface area contributed by atoms with Crippen LogP contribution in [0.3, 0.4) is 0 Å². The molecular formula is C13H26N2O5S. The van der Waals surface area contributed by atoms with E-state index in [2.05, 4.69) is 5.32 Å². The van der Waals surface area contributed by atoms with Gasteiger partial charge in [0.15, 0.2) is 0 Å². The van der Waals surface area contributed by atoms with Crippen molar-refractivity contribution in [3.63, 3.8) is 0 Å². The van der Waals surface area contributed by atoms with Gasteiger partial charge in [-0.1, -0.05) is 13.3 Å². The van der Waals surface area contributed by atoms with Gasteiger partial charge in [-0.05, 0) is 13.3 Å². The highest BCUT2D eigenvalue weighted by Crippen LogP contribution is 2.10. The van der Waals surface area contributed by atoms with Crippen LogP contribution in [0.15, 0.2) is 0 Å². The van der Waals surface area contributed by atoms with Crippen LogP contribution in [0, 0.1) is 0 Å². The van der Waals surface area contributed by atoms with Crippen molar-refractivity contribution in [3.8, 4) is 0 Å². The Labute approximate surface area is 126 Å². The first-order chi connectivity index (χ1) is 9.77. The molecule has 1 aliphatic rings. The van der Waals surface area contributed by atoms with Crippen LogP contribution in [0.5, 0.6) is 0 Å². The summed E-state index contributed by atoms with van der Waals surface area (Å²) in [5, 5.41) is 12.5. The summed E-state index contributed by atoms with van der Waals surface area (Å²) < 4.78 is 30.5. The number of aliphatic hydroxyl groups is 1. The van der Waals surface area contributed by atoms with Crippen LogP contribution in [0.4, 0.5) is 0 Å². The highest BCUT2D eigenvalue weighted by molar-refractivity contribution is 7.89. The van der Waals surface area contributed by atoms with E-state index in [1.165, 1.54) is 4.31 Å². The van der Waals surface area contributed by atoms with Gasteiger partial charge >= 0.3 is 0 Å². The molecule has 1 saturated heterocycles. The normalized spacial score (nSPS) is 20.0. The van der Waals surface area contributed by atoms with E-state index < -0.39 is 15.6 Å². The Morgan fingerprint density at radius 2 is 2.00 bits per heavy atom. The van der Waals surface area contributed by atoms with Gasteiger partial charge in [-0.2, -0.15) is 4.31 Å². The molecule has 0 aromatic heterocycles. The summed E-state index contributed by atoms with van der Waals surface area (Å²) in [7, 11) is -3.41. The number of morpholine rings is 1. The molecule has 0 aromatic carbocycles. The van der Waals surface area contributed by atoms with E-state index in [1.54, 1.807) is 6.92 Å². The molecule has 1 unspecified atom stereocenters. The molecule has 124 valence electrons. The highest BCUT2D eigenvalue weighted by Gasteiger charge is 2.25. The van der Waals surface area contributed by atoms with Crippen LogP contribution in [0.25, 0.3) is 0 Å². The Bertz CT molecular complexity index is 430. The highest BCUT2D eigenvalue weighted by atomic mass is 32.2. The fraction of sp³-hybridized carbons (Fsp3) is 0.923. The minimum Gasteiger partial charge on any atom is -0.388 e. The number of hydrogen-bond donors (Lipinski definition) is 2. The molecule has 1 heterocycles. The fourth-order valence-corrected chi connectivity index (χ4v) is 3.59. The van der Waals surface area contributed by atoms with Crippen molar-refractivity contribution in [1.82, 2.24) is 9.62 Å². The summed E-state index contributed by atoms with van der Waals surface area (Å²) in [5.41, 5.74) is -0.951. The topological polar surface area (TPSA) is 95.9 Å². The molecule has 0 spiro atoms. The number of nitrogens with zero attached hydrogens (tertiary/aromatic N) is 1. The van der Waals surface area contributed by atoms with Gasteiger partial charge in [0.1, 0.15) is 0 Å². The lowest BCUT2D eigenvalue weighted by molar-refractivity contribution is -0.121. The molecule has 1 atom stereocenters. The van der Waals surface area contributed by atoms with Crippen LogP contribution in [-0.2, 0) is 19.6 Å². The predicted octanol–water partition coefficient (Wildman–Crippen LogP) is -0.294. The molecule has 7 nitrogen and oxygen atoms in total. The molecule has 1 aliphatic heterocycles. The SMILES string of the molecule is CCCC(C)(O)CNC(=O)CCS(=O)(=O)N1CCOCC1. The lowest BCUT2D eigenvalue weighted by Gasteiger charge is -2.26. The number of carbonyl (C=O) groups is 1. The standard InChI is InChI=1S/C13H26N2O5S/c1-3-5-13(2,17)11-14-12(16)4-10-21(18,19)15-6-8-20-9-7-15/h17H,3-11H2,1-2H3,(H,14,16). The van der Waals surface area contributed by atoms with E-state index in [1.807, 2.05) is 6.92 Å². The van der Waals surface area contributed by atoms with Gasteiger partial charge in [0.2, 0.25) is 15.9 Å². The minimum atomic E-state index is -3.41. The predicted molar refractivity (Wildman–Crippen MR) is 79.3 cm³/mol. The Kier molecular flexibility index (Phi) is 7.05. The molecule has 0 bridgehead atoms. The Morgan fingerprint density at radius 3 is 2.57 bits per heavy atom. The maximum atomic E-state index is 12.0. The summed E-state index contributed by atoms with van der Waals surface area (Å²) in [6, 6.07) is 0. The number of ether oxygens (including phenoxy) is 1. The van der Waals surface area contributed by atoms with E-state index in [0.29, 0.717) is 32.7 Å². The van der Waals surface area contributed by atoms with Gasteiger partial charge in [-0.15, -0.1) is 0 Å². The number of amides is 1. The summed E-state index contributed by atoms with van der Waals surface area (Å²) in [4.78, 5) is 11.7. The summed E-state index contributed by atoms with van der Waals surface area (Å²) in [6.07, 6.45) is 1.30. The third-order valence-electron chi connectivity index (χ3n) is 3.41. The van der Waals surface area contributed by atoms with Gasteiger partial charge in [0.25, 0.3) is 0 Å². The maximum absolute atomic E-state index is 12.0. The fourth-order valence-electron chi connectivity index (χ4n) is 2.18. The van der Waals surface area contributed by atoms with Crippen molar-refractivity contribution < 1.29 is 23.1 Å². The van der Waals surface area contributed by atoms with E-state index in [0.717, 1.165) is 6.42 Å². The average Bonchev–Trinajstić information content (AvgIpc) is 2.44. The number of sulfonamides is 1. The van der Waals surface area contributed by atoms with Gasteiger partial charge in [-0.25, -0.2) is 8.42 Å². The molecule has 1 fully saturated rings. The third-order valence-corrected chi connectivity index (χ3v) is 5.28. The summed E-state index contributed by atoms with van der Waals surface area (Å²) >= 11 is 0. The molecular weight excluding hydrogens is 296 g/mol. The van der Waals surface area contributed by atoms with Crippen LogP contribution in [0.1, 0.15) is 33.1 Å². The van der Waals surface area contributed by atoms with E-state index in [-0.39, 0.29) is 24.6 Å². The first-order valence-electron chi connectivity index (χ1n) is 7.31. The molecule has 0 saturated carbocycles. The first kappa shape index (κ1) is 18.3. The van der Waals surface area contributed by atoms with Crippen molar-refractivity contribution in [1.29, 1.82) is 0 Å². The van der Waals surface area contributed by atoms with E-state index in [4.69, 9.17) is 4.74 Å². The van der Waals surface area contributed by atoms with Crippen molar-refractivity contribution in [3.05, 3.63) is 0 Å². The summed E-state index contributed by atoms with van der Waals surface area (Å²) in [5.74, 6) is -0.572.